The molecular weight excluding hydrogens is 232 g/mol. The van der Waals surface area contributed by atoms with E-state index in [0.717, 1.165) is 12.8 Å². The molecule has 96 valence electrons. The first-order valence-electron chi connectivity index (χ1n) is 6.06. The van der Waals surface area contributed by atoms with Crippen molar-refractivity contribution in [2.75, 3.05) is 0 Å². The lowest BCUT2D eigenvalue weighted by Gasteiger charge is -2.15. The number of nitro benzene ring substituents is 1. The van der Waals surface area contributed by atoms with Gasteiger partial charge in [0.1, 0.15) is 5.78 Å². The molecule has 0 amide bonds. The molecule has 1 saturated carbocycles. The Balaban J connectivity index is 2.14. The molecule has 0 saturated heterocycles. The monoisotopic (exact) mass is 248 g/mol. The summed E-state index contributed by atoms with van der Waals surface area (Å²) in [6.07, 6.45) is 2.55. The summed E-state index contributed by atoms with van der Waals surface area (Å²) < 4.78 is 0. The molecule has 5 nitrogen and oxygen atoms in total. The van der Waals surface area contributed by atoms with E-state index in [9.17, 15) is 14.9 Å². The molecule has 1 atom stereocenters. The molecule has 0 bridgehead atoms. The maximum absolute atomic E-state index is 11.6. The standard InChI is InChI=1S/C13H16N2O3/c1-9(16)12(14-11-6-7-11)8-10-4-2-3-5-13(10)15(17)18/h2-5,11-12,14H,6-8H2,1H3. The zero-order valence-corrected chi connectivity index (χ0v) is 10.3. The number of nitrogens with one attached hydrogen (secondary N) is 1. The Morgan fingerprint density at radius 1 is 1.50 bits per heavy atom. The molecule has 0 spiro atoms. The Hall–Kier alpha value is -1.75. The Bertz CT molecular complexity index is 469. The van der Waals surface area contributed by atoms with Gasteiger partial charge in [-0.3, -0.25) is 14.9 Å². The maximum Gasteiger partial charge on any atom is 0.272 e. The lowest BCUT2D eigenvalue weighted by molar-refractivity contribution is -0.385. The minimum absolute atomic E-state index is 0.0278. The lowest BCUT2D eigenvalue weighted by atomic mass is 10.0. The summed E-state index contributed by atoms with van der Waals surface area (Å²) in [6, 6.07) is 6.67. The van der Waals surface area contributed by atoms with E-state index in [-0.39, 0.29) is 17.5 Å². The van der Waals surface area contributed by atoms with E-state index in [1.807, 2.05) is 0 Å². The number of nitro groups is 1. The molecule has 1 N–H and O–H groups in total. The molecule has 0 aromatic heterocycles. The third kappa shape index (κ3) is 3.13. The average Bonchev–Trinajstić information content (AvgIpc) is 3.12. The van der Waals surface area contributed by atoms with Crippen molar-refractivity contribution < 1.29 is 9.72 Å². The van der Waals surface area contributed by atoms with Crippen molar-refractivity contribution >= 4 is 11.5 Å². The van der Waals surface area contributed by atoms with Crippen LogP contribution in [-0.4, -0.2) is 22.8 Å². The van der Waals surface area contributed by atoms with Crippen molar-refractivity contribution in [1.29, 1.82) is 0 Å². The van der Waals surface area contributed by atoms with Gasteiger partial charge in [-0.25, -0.2) is 0 Å². The van der Waals surface area contributed by atoms with Crippen LogP contribution in [0.25, 0.3) is 0 Å². The normalized spacial score (nSPS) is 16.3. The van der Waals surface area contributed by atoms with E-state index in [1.54, 1.807) is 18.2 Å². The van der Waals surface area contributed by atoms with Gasteiger partial charge in [-0.2, -0.15) is 0 Å². The number of ketones is 1. The largest absolute Gasteiger partial charge is 0.304 e. The van der Waals surface area contributed by atoms with Crippen LogP contribution in [0.2, 0.25) is 0 Å². The van der Waals surface area contributed by atoms with Crippen molar-refractivity contribution in [3.05, 3.63) is 39.9 Å². The third-order valence-electron chi connectivity index (χ3n) is 3.12. The summed E-state index contributed by atoms with van der Waals surface area (Å²) >= 11 is 0. The Morgan fingerprint density at radius 2 is 2.17 bits per heavy atom. The van der Waals surface area contributed by atoms with Crippen LogP contribution >= 0.6 is 0 Å². The van der Waals surface area contributed by atoms with Gasteiger partial charge in [0.25, 0.3) is 5.69 Å². The zero-order valence-electron chi connectivity index (χ0n) is 10.3. The van der Waals surface area contributed by atoms with Crippen molar-refractivity contribution in [2.45, 2.75) is 38.3 Å². The van der Waals surface area contributed by atoms with Gasteiger partial charge in [0.15, 0.2) is 0 Å². The van der Waals surface area contributed by atoms with Gasteiger partial charge >= 0.3 is 0 Å². The zero-order chi connectivity index (χ0) is 13.1. The molecule has 1 aliphatic carbocycles. The maximum atomic E-state index is 11.6. The van der Waals surface area contributed by atoms with E-state index >= 15 is 0 Å². The van der Waals surface area contributed by atoms with Crippen LogP contribution in [0.15, 0.2) is 24.3 Å². The SMILES string of the molecule is CC(=O)C(Cc1ccccc1[N+](=O)[O-])NC1CC1. The van der Waals surface area contributed by atoms with Crippen molar-refractivity contribution in [3.8, 4) is 0 Å². The highest BCUT2D eigenvalue weighted by Gasteiger charge is 2.28. The van der Waals surface area contributed by atoms with Gasteiger partial charge in [-0.1, -0.05) is 18.2 Å². The molecule has 2 rings (SSSR count). The van der Waals surface area contributed by atoms with Crippen LogP contribution < -0.4 is 5.32 Å². The van der Waals surface area contributed by atoms with E-state index in [0.29, 0.717) is 18.0 Å². The molecule has 1 fully saturated rings. The second-order valence-electron chi connectivity index (χ2n) is 4.69. The highest BCUT2D eigenvalue weighted by Crippen LogP contribution is 2.23. The predicted molar refractivity (Wildman–Crippen MR) is 67.4 cm³/mol. The summed E-state index contributed by atoms with van der Waals surface area (Å²) in [5.41, 5.74) is 0.692. The van der Waals surface area contributed by atoms with Crippen LogP contribution in [0.3, 0.4) is 0 Å². The van der Waals surface area contributed by atoms with Gasteiger partial charge < -0.3 is 5.32 Å². The topological polar surface area (TPSA) is 72.2 Å². The second kappa shape index (κ2) is 5.27. The molecule has 0 aliphatic heterocycles. The molecule has 0 heterocycles. The Labute approximate surface area is 105 Å². The van der Waals surface area contributed by atoms with Gasteiger partial charge in [0.2, 0.25) is 0 Å². The molecule has 1 aromatic carbocycles. The first-order valence-corrected chi connectivity index (χ1v) is 6.06. The van der Waals surface area contributed by atoms with Crippen LogP contribution in [0.4, 0.5) is 5.69 Å². The number of benzene rings is 1. The smallest absolute Gasteiger partial charge is 0.272 e. The first kappa shape index (κ1) is 12.7. The van der Waals surface area contributed by atoms with Gasteiger partial charge in [0.05, 0.1) is 11.0 Å². The molecule has 1 unspecified atom stereocenters. The Kier molecular flexibility index (Phi) is 3.72. The fraction of sp³-hybridized carbons (Fsp3) is 0.462. The van der Waals surface area contributed by atoms with E-state index in [1.165, 1.54) is 13.0 Å². The first-order chi connectivity index (χ1) is 8.58. The van der Waals surface area contributed by atoms with Gasteiger partial charge in [-0.05, 0) is 19.8 Å². The number of Topliss-reactive ketones (excluding diaryl/α,β-unsaturated/α-hetero) is 1. The predicted octanol–water partition coefficient (Wildman–Crippen LogP) is 1.85. The molecular formula is C13H16N2O3. The van der Waals surface area contributed by atoms with E-state index in [4.69, 9.17) is 0 Å². The molecule has 1 aliphatic rings. The number of hydrogen-bond donors (Lipinski definition) is 1. The molecule has 18 heavy (non-hydrogen) atoms. The quantitative estimate of drug-likeness (QED) is 0.616. The molecule has 0 radical (unpaired) electrons. The molecule has 1 aromatic rings. The van der Waals surface area contributed by atoms with Crippen molar-refractivity contribution in [1.82, 2.24) is 5.32 Å². The Morgan fingerprint density at radius 3 is 2.72 bits per heavy atom. The van der Waals surface area contributed by atoms with Crippen LogP contribution in [0.5, 0.6) is 0 Å². The summed E-state index contributed by atoms with van der Waals surface area (Å²) in [4.78, 5) is 22.1. The number of para-hydroxylation sites is 1. The fourth-order valence-electron chi connectivity index (χ4n) is 1.94. The van der Waals surface area contributed by atoms with Crippen LogP contribution in [0, 0.1) is 10.1 Å². The minimum atomic E-state index is -0.399. The highest BCUT2D eigenvalue weighted by molar-refractivity contribution is 5.82. The van der Waals surface area contributed by atoms with Gasteiger partial charge in [-0.15, -0.1) is 0 Å². The minimum Gasteiger partial charge on any atom is -0.304 e. The second-order valence-corrected chi connectivity index (χ2v) is 4.69. The van der Waals surface area contributed by atoms with Gasteiger partial charge in [0, 0.05) is 24.1 Å². The summed E-state index contributed by atoms with van der Waals surface area (Å²) in [6.45, 7) is 1.52. The summed E-state index contributed by atoms with van der Waals surface area (Å²) in [5.74, 6) is 0.0278. The highest BCUT2D eigenvalue weighted by atomic mass is 16.6. The number of nitrogens with zero attached hydrogens (tertiary/aromatic N) is 1. The number of rotatable bonds is 6. The number of carbonyl (C=O) groups is 1. The van der Waals surface area contributed by atoms with Crippen LogP contribution in [0.1, 0.15) is 25.3 Å². The van der Waals surface area contributed by atoms with E-state index < -0.39 is 4.92 Å². The van der Waals surface area contributed by atoms with Crippen molar-refractivity contribution in [3.63, 3.8) is 0 Å². The van der Waals surface area contributed by atoms with Crippen molar-refractivity contribution in [2.24, 2.45) is 0 Å². The molecule has 5 heteroatoms. The number of hydrogen-bond acceptors (Lipinski definition) is 4. The summed E-state index contributed by atoms with van der Waals surface area (Å²) in [7, 11) is 0. The third-order valence-corrected chi connectivity index (χ3v) is 3.12. The lowest BCUT2D eigenvalue weighted by Crippen LogP contribution is -2.38. The van der Waals surface area contributed by atoms with E-state index in [2.05, 4.69) is 5.32 Å². The average molecular weight is 248 g/mol. The fourth-order valence-corrected chi connectivity index (χ4v) is 1.94. The van der Waals surface area contributed by atoms with Crippen LogP contribution in [-0.2, 0) is 11.2 Å². The summed E-state index contributed by atoms with van der Waals surface area (Å²) in [5, 5.41) is 14.1. The number of carbonyl (C=O) groups excluding carboxylic acids is 1.